The van der Waals surface area contributed by atoms with Crippen LogP contribution >= 0.6 is 0 Å². The van der Waals surface area contributed by atoms with Crippen LogP contribution in [0.4, 0.5) is 4.79 Å². The van der Waals surface area contributed by atoms with Gasteiger partial charge in [0.25, 0.3) is 0 Å². The number of carbonyl (C=O) groups is 2. The molecule has 206 valence electrons. The number of benzene rings is 2. The van der Waals surface area contributed by atoms with E-state index in [1.54, 1.807) is 0 Å². The molecular formula is C33H45NO4. The van der Waals surface area contributed by atoms with E-state index < -0.39 is 30.3 Å². The number of cyclic esters (lactones) is 1. The topological polar surface area (TPSA) is 55.8 Å². The molecule has 0 aromatic heterocycles. The number of rotatable bonds is 17. The molecule has 38 heavy (non-hydrogen) atoms. The van der Waals surface area contributed by atoms with Crippen molar-refractivity contribution < 1.29 is 19.1 Å². The van der Waals surface area contributed by atoms with Gasteiger partial charge in [0.05, 0.1) is 13.2 Å². The zero-order chi connectivity index (χ0) is 27.0. The summed E-state index contributed by atoms with van der Waals surface area (Å²) < 4.78 is 10.9. The summed E-state index contributed by atoms with van der Waals surface area (Å²) in [5, 5.41) is 0. The highest BCUT2D eigenvalue weighted by molar-refractivity contribution is 5.86. The van der Waals surface area contributed by atoms with Crippen LogP contribution in [0.1, 0.15) is 101 Å². The summed E-state index contributed by atoms with van der Waals surface area (Å²) in [6.45, 7) is 2.26. The van der Waals surface area contributed by atoms with Crippen molar-refractivity contribution in [1.29, 1.82) is 0 Å². The van der Waals surface area contributed by atoms with Gasteiger partial charge in [-0.1, -0.05) is 138 Å². The van der Waals surface area contributed by atoms with Gasteiger partial charge in [0.15, 0.2) is 12.1 Å². The van der Waals surface area contributed by atoms with Crippen LogP contribution in [-0.4, -0.2) is 36.2 Å². The molecule has 1 amide bonds. The molecule has 2 aromatic rings. The fourth-order valence-corrected chi connectivity index (χ4v) is 5.23. The third-order valence-corrected chi connectivity index (χ3v) is 7.31. The van der Waals surface area contributed by atoms with Crippen LogP contribution < -0.4 is 0 Å². The van der Waals surface area contributed by atoms with E-state index >= 15 is 0 Å². The molecule has 5 heteroatoms. The largest absolute Gasteiger partial charge is 0.467 e. The normalized spacial score (nSPS) is 17.3. The number of unbranched alkanes of at least 4 members (excludes halogenated alkanes) is 11. The Kier molecular flexibility index (Phi) is 13.0. The maximum absolute atomic E-state index is 13.2. The minimum absolute atomic E-state index is 0.459. The lowest BCUT2D eigenvalue weighted by atomic mass is 9.95. The number of hydrogen-bond donors (Lipinski definition) is 0. The third-order valence-electron chi connectivity index (χ3n) is 7.31. The number of carbonyl (C=O) groups excluding carboxylic acids is 2. The van der Waals surface area contributed by atoms with Crippen LogP contribution in [0.3, 0.4) is 0 Å². The minimum Gasteiger partial charge on any atom is -0.467 e. The van der Waals surface area contributed by atoms with Gasteiger partial charge in [0.1, 0.15) is 0 Å². The van der Waals surface area contributed by atoms with E-state index in [-0.39, 0.29) is 0 Å². The van der Waals surface area contributed by atoms with Crippen molar-refractivity contribution in [2.45, 2.75) is 102 Å². The second-order valence-corrected chi connectivity index (χ2v) is 10.2. The summed E-state index contributed by atoms with van der Waals surface area (Å²) in [6.07, 6.45) is 18.0. The van der Waals surface area contributed by atoms with E-state index in [1.165, 1.54) is 76.2 Å². The SMILES string of the molecule is CCCCCCCCCCCCCC=CC1OC(=O)N(C(c2ccccc2)c2ccccc2)C1C(=O)OC. The van der Waals surface area contributed by atoms with Gasteiger partial charge in [-0.15, -0.1) is 0 Å². The number of esters is 1. The lowest BCUT2D eigenvalue weighted by Crippen LogP contribution is -2.45. The Labute approximate surface area is 229 Å². The number of allylic oxidation sites excluding steroid dienone is 1. The fourth-order valence-electron chi connectivity index (χ4n) is 5.23. The van der Waals surface area contributed by atoms with Crippen LogP contribution in [-0.2, 0) is 14.3 Å². The first-order chi connectivity index (χ1) is 18.7. The van der Waals surface area contributed by atoms with Gasteiger partial charge in [0, 0.05) is 0 Å². The lowest BCUT2D eigenvalue weighted by molar-refractivity contribution is -0.146. The van der Waals surface area contributed by atoms with Crippen molar-refractivity contribution in [3.8, 4) is 0 Å². The maximum atomic E-state index is 13.2. The Bertz CT molecular complexity index is 936. The standard InChI is InChI=1S/C33H45NO4/c1-3-4-5-6-7-8-9-10-11-12-13-14-21-26-29-31(32(35)37-2)34(33(36)38-29)30(27-22-17-15-18-23-27)28-24-19-16-20-25-28/h15-26,29-31H,3-14H2,1-2H3. The number of amides is 1. The average Bonchev–Trinajstić information content (AvgIpc) is 3.27. The summed E-state index contributed by atoms with van der Waals surface area (Å²) >= 11 is 0. The molecule has 3 rings (SSSR count). The number of ether oxygens (including phenoxy) is 2. The molecule has 2 aromatic carbocycles. The van der Waals surface area contributed by atoms with Crippen molar-refractivity contribution >= 4 is 12.1 Å². The second kappa shape index (κ2) is 16.7. The first-order valence-electron chi connectivity index (χ1n) is 14.5. The Morgan fingerprint density at radius 3 is 1.84 bits per heavy atom. The summed E-state index contributed by atoms with van der Waals surface area (Å²) in [6, 6.07) is 18.2. The van der Waals surface area contributed by atoms with Gasteiger partial charge in [-0.05, 0) is 30.0 Å². The molecule has 2 unspecified atom stereocenters. The van der Waals surface area contributed by atoms with E-state index in [0.29, 0.717) is 0 Å². The highest BCUT2D eigenvalue weighted by Crippen LogP contribution is 2.36. The summed E-state index contributed by atoms with van der Waals surface area (Å²) in [4.78, 5) is 27.7. The summed E-state index contributed by atoms with van der Waals surface area (Å²) in [5.41, 5.74) is 1.82. The molecule has 1 fully saturated rings. The fraction of sp³-hybridized carbons (Fsp3) is 0.515. The summed E-state index contributed by atoms with van der Waals surface area (Å²) in [7, 11) is 1.36. The quantitative estimate of drug-likeness (QED) is 0.120. The van der Waals surface area contributed by atoms with Crippen molar-refractivity contribution in [3.63, 3.8) is 0 Å². The Balaban J connectivity index is 1.56. The highest BCUT2D eigenvalue weighted by atomic mass is 16.6. The molecule has 0 spiro atoms. The molecule has 0 saturated carbocycles. The lowest BCUT2D eigenvalue weighted by Gasteiger charge is -2.31. The molecule has 1 aliphatic rings. The van der Waals surface area contributed by atoms with Crippen LogP contribution in [0.2, 0.25) is 0 Å². The van der Waals surface area contributed by atoms with Crippen LogP contribution in [0.15, 0.2) is 72.8 Å². The molecule has 1 saturated heterocycles. The maximum Gasteiger partial charge on any atom is 0.412 e. The first-order valence-corrected chi connectivity index (χ1v) is 14.5. The van der Waals surface area contributed by atoms with Crippen molar-refractivity contribution in [2.75, 3.05) is 7.11 Å². The molecule has 2 atom stereocenters. The van der Waals surface area contributed by atoms with Crippen LogP contribution in [0, 0.1) is 0 Å². The first kappa shape index (κ1) is 29.5. The van der Waals surface area contributed by atoms with E-state index in [0.717, 1.165) is 24.0 Å². The van der Waals surface area contributed by atoms with Gasteiger partial charge < -0.3 is 9.47 Å². The van der Waals surface area contributed by atoms with E-state index in [9.17, 15) is 9.59 Å². The predicted molar refractivity (Wildman–Crippen MR) is 153 cm³/mol. The number of hydrogen-bond acceptors (Lipinski definition) is 4. The molecule has 1 aliphatic heterocycles. The predicted octanol–water partition coefficient (Wildman–Crippen LogP) is 8.40. The van der Waals surface area contributed by atoms with Crippen LogP contribution in [0.5, 0.6) is 0 Å². The Morgan fingerprint density at radius 1 is 0.842 bits per heavy atom. The smallest absolute Gasteiger partial charge is 0.412 e. The van der Waals surface area contributed by atoms with Gasteiger partial charge >= 0.3 is 12.1 Å². The molecular weight excluding hydrogens is 474 g/mol. The van der Waals surface area contributed by atoms with Crippen molar-refractivity contribution in [3.05, 3.63) is 83.9 Å². The van der Waals surface area contributed by atoms with Gasteiger partial charge in [-0.25, -0.2) is 9.59 Å². The number of methoxy groups -OCH3 is 1. The molecule has 0 bridgehead atoms. The van der Waals surface area contributed by atoms with Gasteiger partial charge in [0.2, 0.25) is 0 Å². The minimum atomic E-state index is -0.855. The van der Waals surface area contributed by atoms with E-state index in [2.05, 4.69) is 6.92 Å². The monoisotopic (exact) mass is 519 g/mol. The molecule has 0 N–H and O–H groups in total. The molecule has 1 heterocycles. The molecule has 5 nitrogen and oxygen atoms in total. The van der Waals surface area contributed by atoms with E-state index in [1.807, 2.05) is 72.8 Å². The molecule has 0 radical (unpaired) electrons. The van der Waals surface area contributed by atoms with E-state index in [4.69, 9.17) is 9.47 Å². The highest BCUT2D eigenvalue weighted by Gasteiger charge is 2.49. The van der Waals surface area contributed by atoms with Gasteiger partial charge in [-0.3, -0.25) is 4.90 Å². The second-order valence-electron chi connectivity index (χ2n) is 10.2. The number of nitrogens with zero attached hydrogens (tertiary/aromatic N) is 1. The third kappa shape index (κ3) is 8.75. The Morgan fingerprint density at radius 2 is 1.34 bits per heavy atom. The van der Waals surface area contributed by atoms with Crippen molar-refractivity contribution in [1.82, 2.24) is 4.90 Å². The zero-order valence-electron chi connectivity index (χ0n) is 23.2. The van der Waals surface area contributed by atoms with Gasteiger partial charge in [-0.2, -0.15) is 0 Å². The average molecular weight is 520 g/mol. The Hall–Kier alpha value is -3.08. The summed E-state index contributed by atoms with van der Waals surface area (Å²) in [5.74, 6) is -0.475. The van der Waals surface area contributed by atoms with Crippen molar-refractivity contribution in [2.24, 2.45) is 0 Å². The van der Waals surface area contributed by atoms with Crippen LogP contribution in [0.25, 0.3) is 0 Å². The zero-order valence-corrected chi connectivity index (χ0v) is 23.2. The molecule has 0 aliphatic carbocycles.